The first-order chi connectivity index (χ1) is 15.5. The number of aromatic nitrogens is 3. The highest BCUT2D eigenvalue weighted by Crippen LogP contribution is 2.39. The van der Waals surface area contributed by atoms with E-state index in [1.54, 1.807) is 29.3 Å². The van der Waals surface area contributed by atoms with Gasteiger partial charge in [-0.2, -0.15) is 5.10 Å². The van der Waals surface area contributed by atoms with E-state index < -0.39 is 0 Å². The van der Waals surface area contributed by atoms with Crippen LogP contribution in [-0.2, 0) is 0 Å². The van der Waals surface area contributed by atoms with Gasteiger partial charge in [0, 0.05) is 17.0 Å². The largest absolute Gasteiger partial charge is 0.486 e. The Morgan fingerprint density at radius 3 is 2.69 bits per heavy atom. The molecule has 1 aromatic carbocycles. The number of anilines is 1. The maximum Gasteiger partial charge on any atom is 0.256 e. The van der Waals surface area contributed by atoms with Gasteiger partial charge in [-0.25, -0.2) is 9.67 Å². The average Bonchev–Trinajstić information content (AvgIpc) is 3.48. The van der Waals surface area contributed by atoms with E-state index in [2.05, 4.69) is 10.4 Å². The van der Waals surface area contributed by atoms with Crippen LogP contribution in [0.5, 0.6) is 11.5 Å². The fraction of sp³-hybridized carbons (Fsp3) is 0.261. The lowest BCUT2D eigenvalue weighted by molar-refractivity contribution is 0.102. The lowest BCUT2D eigenvalue weighted by Crippen LogP contribution is -2.17. The Labute approximate surface area is 193 Å². The maximum atomic E-state index is 13.5. The van der Waals surface area contributed by atoms with E-state index in [4.69, 9.17) is 14.5 Å². The summed E-state index contributed by atoms with van der Waals surface area (Å²) in [6.45, 7) is 5.10. The summed E-state index contributed by atoms with van der Waals surface area (Å²) < 4.78 is 13.2. The second kappa shape index (κ2) is 8.48. The van der Waals surface area contributed by atoms with Crippen LogP contribution in [0.3, 0.4) is 0 Å². The van der Waals surface area contributed by atoms with Gasteiger partial charge in [-0.05, 0) is 43.7 Å². The zero-order valence-corrected chi connectivity index (χ0v) is 19.5. The van der Waals surface area contributed by atoms with Crippen LogP contribution in [0.1, 0.15) is 30.2 Å². The van der Waals surface area contributed by atoms with Crippen LogP contribution >= 0.6 is 23.1 Å². The van der Waals surface area contributed by atoms with Crippen LogP contribution in [-0.4, -0.2) is 40.1 Å². The summed E-state index contributed by atoms with van der Waals surface area (Å²) >= 11 is 3.13. The van der Waals surface area contributed by atoms with Crippen LogP contribution in [0.25, 0.3) is 21.6 Å². The molecule has 1 aliphatic heterocycles. The Kier molecular flexibility index (Phi) is 5.52. The number of thiophene rings is 1. The third-order valence-electron chi connectivity index (χ3n) is 5.19. The number of hydrogen-bond donors (Lipinski definition) is 1. The number of nitrogens with one attached hydrogen (secondary N) is 1. The number of ether oxygens (including phenoxy) is 2. The van der Waals surface area contributed by atoms with Crippen molar-refractivity contribution in [3.63, 3.8) is 0 Å². The van der Waals surface area contributed by atoms with E-state index in [9.17, 15) is 4.79 Å². The molecular formula is C23H22N4O3S2. The van der Waals surface area contributed by atoms with Gasteiger partial charge < -0.3 is 14.8 Å². The molecule has 0 atom stereocenters. The van der Waals surface area contributed by atoms with Gasteiger partial charge in [-0.1, -0.05) is 6.07 Å². The molecule has 3 aromatic heterocycles. The van der Waals surface area contributed by atoms with E-state index in [1.165, 1.54) is 0 Å². The number of fused-ring (bicyclic) bond motifs is 2. The van der Waals surface area contributed by atoms with Gasteiger partial charge in [0.15, 0.2) is 17.1 Å². The van der Waals surface area contributed by atoms with Crippen LogP contribution in [0.2, 0.25) is 0 Å². The molecule has 0 spiro atoms. The van der Waals surface area contributed by atoms with E-state index in [0.29, 0.717) is 41.6 Å². The number of thioether (sulfide) groups is 1. The number of amides is 1. The summed E-state index contributed by atoms with van der Waals surface area (Å²) in [4.78, 5) is 20.3. The number of carbonyl (C=O) groups excluding carboxylic acids is 1. The number of pyridine rings is 1. The third kappa shape index (κ3) is 3.71. The van der Waals surface area contributed by atoms with Gasteiger partial charge in [-0.15, -0.1) is 23.1 Å². The Balaban J connectivity index is 1.59. The van der Waals surface area contributed by atoms with Gasteiger partial charge in [0.2, 0.25) is 0 Å². The molecule has 0 aliphatic carbocycles. The van der Waals surface area contributed by atoms with Crippen molar-refractivity contribution >= 4 is 45.7 Å². The fourth-order valence-electron chi connectivity index (χ4n) is 3.66. The molecule has 4 heterocycles. The lowest BCUT2D eigenvalue weighted by Gasteiger charge is -2.21. The van der Waals surface area contributed by atoms with Crippen LogP contribution in [0.4, 0.5) is 5.69 Å². The monoisotopic (exact) mass is 466 g/mol. The van der Waals surface area contributed by atoms with Crippen molar-refractivity contribution < 1.29 is 14.3 Å². The number of nitrogens with zero attached hydrogens (tertiary/aromatic N) is 3. The van der Waals surface area contributed by atoms with Crippen molar-refractivity contribution in [1.29, 1.82) is 0 Å². The molecule has 0 bridgehead atoms. The molecule has 0 saturated heterocycles. The Hall–Kier alpha value is -3.04. The molecule has 0 fully saturated rings. The molecule has 0 saturated carbocycles. The first-order valence-electron chi connectivity index (χ1n) is 10.3. The normalized spacial score (nSPS) is 13.0. The lowest BCUT2D eigenvalue weighted by atomic mass is 10.1. The minimum atomic E-state index is -0.217. The molecule has 32 heavy (non-hydrogen) atoms. The summed E-state index contributed by atoms with van der Waals surface area (Å²) in [5.41, 5.74) is 2.67. The van der Waals surface area contributed by atoms with Crippen LogP contribution in [0, 0.1) is 0 Å². The molecule has 164 valence electrons. The molecule has 9 heteroatoms. The molecule has 1 aliphatic rings. The van der Waals surface area contributed by atoms with Crippen LogP contribution < -0.4 is 14.8 Å². The smallest absolute Gasteiger partial charge is 0.256 e. The van der Waals surface area contributed by atoms with Gasteiger partial charge in [0.1, 0.15) is 13.2 Å². The van der Waals surface area contributed by atoms with Crippen LogP contribution in [0.15, 0.2) is 46.8 Å². The van der Waals surface area contributed by atoms with Crippen molar-refractivity contribution in [2.24, 2.45) is 0 Å². The second-order valence-electron chi connectivity index (χ2n) is 7.60. The summed E-state index contributed by atoms with van der Waals surface area (Å²) in [6.07, 6.45) is 3.68. The summed E-state index contributed by atoms with van der Waals surface area (Å²) in [5.74, 6) is 1.12. The molecule has 0 radical (unpaired) electrons. The van der Waals surface area contributed by atoms with Crippen molar-refractivity contribution in [2.45, 2.75) is 24.8 Å². The van der Waals surface area contributed by atoms with Gasteiger partial charge in [0.05, 0.1) is 33.4 Å². The molecule has 7 nitrogen and oxygen atoms in total. The predicted octanol–water partition coefficient (Wildman–Crippen LogP) is 5.49. The van der Waals surface area contributed by atoms with Gasteiger partial charge in [0.25, 0.3) is 5.91 Å². The second-order valence-corrected chi connectivity index (χ2v) is 9.40. The van der Waals surface area contributed by atoms with Crippen molar-refractivity contribution in [3.8, 4) is 22.1 Å². The first-order valence-corrected chi connectivity index (χ1v) is 12.4. The number of carbonyl (C=O) groups is 1. The Morgan fingerprint density at radius 1 is 1.22 bits per heavy atom. The standard InChI is InChI=1S/C23H22N4O3S2/c1-13(2)27-22-15(12-24-27)14(9-16(25-22)20-5-4-8-32-20)23(28)26-17-10-18-19(11-21(17)31-3)30-7-6-29-18/h4-5,8-13H,6-7H2,1-3H3,(H,26,28). The summed E-state index contributed by atoms with van der Waals surface area (Å²) in [6, 6.07) is 9.68. The molecule has 1 amide bonds. The molecule has 4 aromatic rings. The minimum Gasteiger partial charge on any atom is -0.486 e. The quantitative estimate of drug-likeness (QED) is 0.392. The predicted molar refractivity (Wildman–Crippen MR) is 128 cm³/mol. The molecule has 0 unspecified atom stereocenters. The highest BCUT2D eigenvalue weighted by molar-refractivity contribution is 7.98. The Bertz CT molecular complexity index is 1300. The zero-order valence-electron chi connectivity index (χ0n) is 17.9. The van der Waals surface area contributed by atoms with E-state index in [-0.39, 0.29) is 11.9 Å². The number of rotatable bonds is 5. The highest BCUT2D eigenvalue weighted by Gasteiger charge is 2.21. The third-order valence-corrected chi connectivity index (χ3v) is 6.86. The average molecular weight is 467 g/mol. The Morgan fingerprint density at radius 2 is 2.00 bits per heavy atom. The minimum absolute atomic E-state index is 0.121. The SMILES string of the molecule is CSc1cc2c(cc1NC(=O)c1cc(-c3cccs3)nc3c1cnn3C(C)C)OCCO2. The van der Waals surface area contributed by atoms with E-state index in [1.807, 2.05) is 60.5 Å². The van der Waals surface area contributed by atoms with Crippen molar-refractivity contribution in [3.05, 3.63) is 47.5 Å². The topological polar surface area (TPSA) is 78.3 Å². The van der Waals surface area contributed by atoms with Gasteiger partial charge in [-0.3, -0.25) is 4.79 Å². The van der Waals surface area contributed by atoms with Gasteiger partial charge >= 0.3 is 0 Å². The highest BCUT2D eigenvalue weighted by atomic mass is 32.2. The molecule has 1 N–H and O–H groups in total. The summed E-state index contributed by atoms with van der Waals surface area (Å²) in [7, 11) is 0. The summed E-state index contributed by atoms with van der Waals surface area (Å²) in [5, 5.41) is 10.3. The van der Waals surface area contributed by atoms with E-state index in [0.717, 1.165) is 20.9 Å². The number of hydrogen-bond acceptors (Lipinski definition) is 7. The number of benzene rings is 1. The van der Waals surface area contributed by atoms with E-state index >= 15 is 0 Å². The zero-order chi connectivity index (χ0) is 22.2. The van der Waals surface area contributed by atoms with Crippen molar-refractivity contribution in [2.75, 3.05) is 24.8 Å². The maximum absolute atomic E-state index is 13.5. The molecule has 5 rings (SSSR count). The van der Waals surface area contributed by atoms with Crippen molar-refractivity contribution in [1.82, 2.24) is 14.8 Å². The first kappa shape index (κ1) is 20.8. The molecular weight excluding hydrogens is 444 g/mol. The fourth-order valence-corrected chi connectivity index (χ4v) is 4.90.